The SMILES string of the molecule is CN(C(=O)CC1CCC1)C(C)(C)CCl. The molecule has 0 unspecified atom stereocenters. The monoisotopic (exact) mass is 217 g/mol. The van der Waals surface area contributed by atoms with Gasteiger partial charge in [-0.3, -0.25) is 4.79 Å². The molecule has 0 N–H and O–H groups in total. The topological polar surface area (TPSA) is 20.3 Å². The molecule has 0 atom stereocenters. The first-order valence-electron chi connectivity index (χ1n) is 5.30. The van der Waals surface area contributed by atoms with Crippen molar-refractivity contribution in [1.29, 1.82) is 0 Å². The maximum absolute atomic E-state index is 11.8. The third-order valence-electron chi connectivity index (χ3n) is 3.30. The maximum Gasteiger partial charge on any atom is 0.223 e. The van der Waals surface area contributed by atoms with Gasteiger partial charge in [-0.05, 0) is 32.6 Å². The van der Waals surface area contributed by atoms with E-state index in [1.807, 2.05) is 20.9 Å². The molecule has 14 heavy (non-hydrogen) atoms. The third-order valence-corrected chi connectivity index (χ3v) is 3.95. The number of carbonyl (C=O) groups excluding carboxylic acids is 1. The predicted molar refractivity (Wildman–Crippen MR) is 59.5 cm³/mol. The molecule has 0 aromatic rings. The second kappa shape index (κ2) is 4.52. The van der Waals surface area contributed by atoms with Crippen molar-refractivity contribution in [2.75, 3.05) is 12.9 Å². The van der Waals surface area contributed by atoms with Crippen molar-refractivity contribution in [3.05, 3.63) is 0 Å². The lowest BCUT2D eigenvalue weighted by atomic mass is 9.82. The van der Waals surface area contributed by atoms with Crippen LogP contribution in [-0.4, -0.2) is 29.3 Å². The van der Waals surface area contributed by atoms with E-state index < -0.39 is 0 Å². The molecule has 1 aliphatic carbocycles. The minimum Gasteiger partial charge on any atom is -0.339 e. The van der Waals surface area contributed by atoms with Crippen LogP contribution in [0.15, 0.2) is 0 Å². The number of hydrogen-bond donors (Lipinski definition) is 0. The average Bonchev–Trinajstić information content (AvgIpc) is 2.09. The molecule has 1 amide bonds. The zero-order chi connectivity index (χ0) is 10.8. The minimum absolute atomic E-state index is 0.220. The molecule has 82 valence electrons. The summed E-state index contributed by atoms with van der Waals surface area (Å²) in [5.74, 6) is 1.36. The Morgan fingerprint density at radius 2 is 2.07 bits per heavy atom. The lowest BCUT2D eigenvalue weighted by Crippen LogP contribution is -2.47. The Morgan fingerprint density at radius 1 is 1.50 bits per heavy atom. The van der Waals surface area contributed by atoms with E-state index >= 15 is 0 Å². The van der Waals surface area contributed by atoms with Crippen LogP contribution in [0.4, 0.5) is 0 Å². The van der Waals surface area contributed by atoms with Crippen LogP contribution in [-0.2, 0) is 4.79 Å². The Kier molecular flexibility index (Phi) is 3.82. The van der Waals surface area contributed by atoms with E-state index in [1.165, 1.54) is 19.3 Å². The minimum atomic E-state index is -0.220. The van der Waals surface area contributed by atoms with Gasteiger partial charge in [0.25, 0.3) is 0 Å². The molecule has 0 heterocycles. The molecule has 1 aliphatic rings. The fraction of sp³-hybridized carbons (Fsp3) is 0.909. The summed E-state index contributed by atoms with van der Waals surface area (Å²) in [6.45, 7) is 4.00. The molecule has 0 aromatic carbocycles. The number of nitrogens with zero attached hydrogens (tertiary/aromatic N) is 1. The largest absolute Gasteiger partial charge is 0.339 e. The normalized spacial score (nSPS) is 17.7. The molecule has 1 saturated carbocycles. The van der Waals surface area contributed by atoms with Crippen LogP contribution in [0.5, 0.6) is 0 Å². The molecule has 0 saturated heterocycles. The smallest absolute Gasteiger partial charge is 0.223 e. The van der Waals surface area contributed by atoms with Crippen molar-refractivity contribution in [3.63, 3.8) is 0 Å². The summed E-state index contributed by atoms with van der Waals surface area (Å²) in [5, 5.41) is 0. The molecule has 0 spiro atoms. The van der Waals surface area contributed by atoms with Crippen LogP contribution >= 0.6 is 11.6 Å². The molecular weight excluding hydrogens is 198 g/mol. The van der Waals surface area contributed by atoms with Crippen LogP contribution in [0.1, 0.15) is 39.5 Å². The predicted octanol–water partition coefficient (Wildman–Crippen LogP) is 2.65. The van der Waals surface area contributed by atoms with Crippen molar-refractivity contribution in [1.82, 2.24) is 4.90 Å². The number of rotatable bonds is 4. The molecule has 0 aliphatic heterocycles. The molecule has 0 radical (unpaired) electrons. The summed E-state index contributed by atoms with van der Waals surface area (Å²) >= 11 is 5.82. The van der Waals surface area contributed by atoms with Gasteiger partial charge in [0.15, 0.2) is 0 Å². The lowest BCUT2D eigenvalue weighted by Gasteiger charge is -2.36. The molecule has 1 fully saturated rings. The van der Waals surface area contributed by atoms with Gasteiger partial charge >= 0.3 is 0 Å². The van der Waals surface area contributed by atoms with Crippen molar-refractivity contribution < 1.29 is 4.79 Å². The Morgan fingerprint density at radius 3 is 2.43 bits per heavy atom. The second-order valence-corrected chi connectivity index (χ2v) is 5.17. The van der Waals surface area contributed by atoms with Crippen LogP contribution in [0, 0.1) is 5.92 Å². The summed E-state index contributed by atoms with van der Waals surface area (Å²) < 4.78 is 0. The highest BCUT2D eigenvalue weighted by molar-refractivity contribution is 6.18. The zero-order valence-electron chi connectivity index (χ0n) is 9.35. The van der Waals surface area contributed by atoms with Gasteiger partial charge in [0.05, 0.1) is 5.54 Å². The first kappa shape index (κ1) is 11.8. The number of alkyl halides is 1. The molecule has 3 heteroatoms. The average molecular weight is 218 g/mol. The molecular formula is C11H20ClNO. The standard InChI is InChI=1S/C11H20ClNO/c1-11(2,8-12)13(3)10(14)7-9-5-4-6-9/h9H,4-8H2,1-3H3. The molecule has 0 aromatic heterocycles. The highest BCUT2D eigenvalue weighted by atomic mass is 35.5. The van der Waals surface area contributed by atoms with E-state index in [0.717, 1.165) is 0 Å². The molecule has 0 bridgehead atoms. The second-order valence-electron chi connectivity index (χ2n) is 4.90. The first-order chi connectivity index (χ1) is 6.47. The van der Waals surface area contributed by atoms with Gasteiger partial charge in [0.2, 0.25) is 5.91 Å². The fourth-order valence-corrected chi connectivity index (χ4v) is 1.69. The molecule has 2 nitrogen and oxygen atoms in total. The van der Waals surface area contributed by atoms with Crippen LogP contribution < -0.4 is 0 Å². The summed E-state index contributed by atoms with van der Waals surface area (Å²) in [7, 11) is 1.85. The number of hydrogen-bond acceptors (Lipinski definition) is 1. The van der Waals surface area contributed by atoms with Crippen LogP contribution in [0.2, 0.25) is 0 Å². The quantitative estimate of drug-likeness (QED) is 0.663. The Hall–Kier alpha value is -0.240. The Bertz CT molecular complexity index is 211. The van der Waals surface area contributed by atoms with Gasteiger partial charge < -0.3 is 4.90 Å². The van der Waals surface area contributed by atoms with E-state index in [4.69, 9.17) is 11.6 Å². The number of carbonyl (C=O) groups is 1. The summed E-state index contributed by atoms with van der Waals surface area (Å²) in [6.07, 6.45) is 4.44. The highest BCUT2D eigenvalue weighted by Gasteiger charge is 2.29. The summed E-state index contributed by atoms with van der Waals surface area (Å²) in [6, 6.07) is 0. The fourth-order valence-electron chi connectivity index (χ4n) is 1.51. The molecule has 1 rings (SSSR count). The van der Waals surface area contributed by atoms with Crippen molar-refractivity contribution in [3.8, 4) is 0 Å². The lowest BCUT2D eigenvalue weighted by molar-refractivity contribution is -0.135. The van der Waals surface area contributed by atoms with E-state index in [1.54, 1.807) is 4.90 Å². The van der Waals surface area contributed by atoms with E-state index in [2.05, 4.69) is 0 Å². The van der Waals surface area contributed by atoms with Crippen molar-refractivity contribution in [2.45, 2.75) is 45.1 Å². The maximum atomic E-state index is 11.8. The van der Waals surface area contributed by atoms with Crippen molar-refractivity contribution in [2.24, 2.45) is 5.92 Å². The van der Waals surface area contributed by atoms with Gasteiger partial charge in [0.1, 0.15) is 0 Å². The Balaban J connectivity index is 2.42. The van der Waals surface area contributed by atoms with Gasteiger partial charge in [-0.25, -0.2) is 0 Å². The number of amides is 1. The van der Waals surface area contributed by atoms with Gasteiger partial charge in [0, 0.05) is 19.3 Å². The van der Waals surface area contributed by atoms with Crippen LogP contribution in [0.25, 0.3) is 0 Å². The zero-order valence-corrected chi connectivity index (χ0v) is 10.1. The van der Waals surface area contributed by atoms with Crippen LogP contribution in [0.3, 0.4) is 0 Å². The van der Waals surface area contributed by atoms with E-state index in [-0.39, 0.29) is 11.4 Å². The van der Waals surface area contributed by atoms with Gasteiger partial charge in [-0.15, -0.1) is 11.6 Å². The Labute approximate surface area is 91.6 Å². The van der Waals surface area contributed by atoms with Crippen molar-refractivity contribution >= 4 is 17.5 Å². The van der Waals surface area contributed by atoms with Gasteiger partial charge in [-0.1, -0.05) is 6.42 Å². The number of halogens is 1. The van der Waals surface area contributed by atoms with Gasteiger partial charge in [-0.2, -0.15) is 0 Å². The first-order valence-corrected chi connectivity index (χ1v) is 5.83. The highest BCUT2D eigenvalue weighted by Crippen LogP contribution is 2.30. The van der Waals surface area contributed by atoms with E-state index in [9.17, 15) is 4.79 Å². The summed E-state index contributed by atoms with van der Waals surface area (Å²) in [5.41, 5.74) is -0.220. The third kappa shape index (κ3) is 2.63. The van der Waals surface area contributed by atoms with E-state index in [0.29, 0.717) is 18.2 Å². The summed E-state index contributed by atoms with van der Waals surface area (Å²) in [4.78, 5) is 13.6.